The maximum absolute atomic E-state index is 12.1. The van der Waals surface area contributed by atoms with E-state index in [9.17, 15) is 14.9 Å². The molecule has 3 heterocycles. The Kier molecular flexibility index (Phi) is 4.41. The fourth-order valence-electron chi connectivity index (χ4n) is 2.22. The lowest BCUT2D eigenvalue weighted by Crippen LogP contribution is -2.26. The molecule has 10 heteroatoms. The minimum atomic E-state index is -0.536. The molecule has 8 nitrogen and oxygen atoms in total. The number of piperidine rings is 1. The number of nitrogens with zero attached hydrogens (tertiary/aromatic N) is 3. The van der Waals surface area contributed by atoms with E-state index in [1.807, 2.05) is 0 Å². The molecule has 1 aliphatic heterocycles. The highest BCUT2D eigenvalue weighted by Crippen LogP contribution is 2.29. The van der Waals surface area contributed by atoms with Gasteiger partial charge in [-0.2, -0.15) is 0 Å². The first kappa shape index (κ1) is 15.0. The van der Waals surface area contributed by atoms with E-state index >= 15 is 0 Å². The van der Waals surface area contributed by atoms with Crippen molar-refractivity contribution in [2.75, 3.05) is 18.4 Å². The van der Waals surface area contributed by atoms with Crippen LogP contribution >= 0.6 is 22.7 Å². The summed E-state index contributed by atoms with van der Waals surface area (Å²) in [5.41, 5.74) is 0.330. The monoisotopic (exact) mass is 339 g/mol. The average molecular weight is 339 g/mol. The van der Waals surface area contributed by atoms with Crippen LogP contribution in [0.4, 0.5) is 10.1 Å². The van der Waals surface area contributed by atoms with Crippen LogP contribution < -0.4 is 10.6 Å². The Bertz CT molecular complexity index is 693. The molecule has 0 saturated carbocycles. The molecule has 2 N–H and O–H groups in total. The minimum absolute atomic E-state index is 0.107. The lowest BCUT2D eigenvalue weighted by molar-refractivity contribution is -0.380. The smallest absolute Gasteiger partial charge is 0.317 e. The fourth-order valence-corrected chi connectivity index (χ4v) is 3.82. The summed E-state index contributed by atoms with van der Waals surface area (Å²) in [7, 11) is 0. The van der Waals surface area contributed by atoms with Crippen LogP contribution in [-0.2, 0) is 0 Å². The maximum atomic E-state index is 12.1. The Morgan fingerprint density at radius 1 is 1.45 bits per heavy atom. The maximum Gasteiger partial charge on any atom is 0.345 e. The van der Waals surface area contributed by atoms with Crippen LogP contribution in [0.5, 0.6) is 0 Å². The lowest BCUT2D eigenvalue weighted by atomic mass is 9.99. The lowest BCUT2D eigenvalue weighted by Gasteiger charge is -2.20. The second kappa shape index (κ2) is 6.46. The summed E-state index contributed by atoms with van der Waals surface area (Å²) in [5.74, 6) is 0.00873. The highest BCUT2D eigenvalue weighted by molar-refractivity contribution is 7.18. The van der Waals surface area contributed by atoms with Gasteiger partial charge in [0.1, 0.15) is 11.9 Å². The number of amides is 1. The quantitative estimate of drug-likeness (QED) is 0.653. The van der Waals surface area contributed by atoms with Gasteiger partial charge < -0.3 is 5.32 Å². The normalized spacial score (nSPS) is 15.6. The molecular formula is C12H13N5O3S2. The number of nitrogens with one attached hydrogen (secondary N) is 2. The number of aromatic nitrogens is 2. The van der Waals surface area contributed by atoms with Crippen molar-refractivity contribution < 1.29 is 9.72 Å². The van der Waals surface area contributed by atoms with Crippen LogP contribution in [0.3, 0.4) is 0 Å². The first-order valence-corrected chi connectivity index (χ1v) is 8.41. The fraction of sp³-hybridized carbons (Fsp3) is 0.417. The van der Waals surface area contributed by atoms with Gasteiger partial charge in [0, 0.05) is 11.3 Å². The molecular weight excluding hydrogens is 326 g/mol. The first-order chi connectivity index (χ1) is 10.6. The standard InChI is InChI=1S/C12H13N5O3S2/c18-10(16-12-14-5-9(22-12)17(19)20)8-6-21-11(15-8)7-1-3-13-4-2-7/h5-7,13H,1-4H2,(H,14,16,18). The minimum Gasteiger partial charge on any atom is -0.317 e. The Labute approximate surface area is 133 Å². The van der Waals surface area contributed by atoms with Crippen molar-refractivity contribution >= 4 is 38.7 Å². The number of nitro groups is 1. The van der Waals surface area contributed by atoms with E-state index in [0.29, 0.717) is 11.6 Å². The first-order valence-electron chi connectivity index (χ1n) is 6.71. The van der Waals surface area contributed by atoms with E-state index in [2.05, 4.69) is 20.6 Å². The SMILES string of the molecule is O=C(Nc1ncc([N+](=O)[O-])s1)c1csc(C2CCNCC2)n1. The van der Waals surface area contributed by atoms with Crippen molar-refractivity contribution in [3.8, 4) is 0 Å². The summed E-state index contributed by atoms with van der Waals surface area (Å²) in [6.45, 7) is 1.93. The molecule has 1 aliphatic rings. The number of carbonyl (C=O) groups excluding carboxylic acids is 1. The third kappa shape index (κ3) is 3.29. The molecule has 1 saturated heterocycles. The van der Waals surface area contributed by atoms with E-state index < -0.39 is 4.92 Å². The van der Waals surface area contributed by atoms with Gasteiger partial charge in [0.2, 0.25) is 0 Å². The average Bonchev–Trinajstić information content (AvgIpc) is 3.17. The molecule has 0 aliphatic carbocycles. The molecule has 2 aromatic heterocycles. The highest BCUT2D eigenvalue weighted by Gasteiger charge is 2.21. The van der Waals surface area contributed by atoms with E-state index in [1.165, 1.54) is 11.3 Å². The zero-order valence-corrected chi connectivity index (χ0v) is 13.1. The number of anilines is 1. The van der Waals surface area contributed by atoms with Gasteiger partial charge in [-0.1, -0.05) is 0 Å². The van der Waals surface area contributed by atoms with Crippen molar-refractivity contribution in [2.45, 2.75) is 18.8 Å². The summed E-state index contributed by atoms with van der Waals surface area (Å²) in [6, 6.07) is 0. The van der Waals surface area contributed by atoms with Crippen LogP contribution in [0.2, 0.25) is 0 Å². The molecule has 22 heavy (non-hydrogen) atoms. The predicted octanol–water partition coefficient (Wildman–Crippen LogP) is 2.23. The number of hydrogen-bond acceptors (Lipinski definition) is 8. The predicted molar refractivity (Wildman–Crippen MR) is 83.7 cm³/mol. The van der Waals surface area contributed by atoms with Crippen LogP contribution in [0.1, 0.15) is 34.3 Å². The Balaban J connectivity index is 1.66. The van der Waals surface area contributed by atoms with Crippen molar-refractivity contribution in [2.24, 2.45) is 0 Å². The van der Waals surface area contributed by atoms with E-state index in [-0.39, 0.29) is 16.0 Å². The van der Waals surface area contributed by atoms with Gasteiger partial charge in [0.25, 0.3) is 5.91 Å². The van der Waals surface area contributed by atoms with Gasteiger partial charge in [-0.05, 0) is 37.3 Å². The summed E-state index contributed by atoms with van der Waals surface area (Å²) in [4.78, 5) is 30.4. The van der Waals surface area contributed by atoms with E-state index in [4.69, 9.17) is 0 Å². The van der Waals surface area contributed by atoms with Gasteiger partial charge in [0.05, 0.1) is 9.93 Å². The third-order valence-electron chi connectivity index (χ3n) is 3.34. The van der Waals surface area contributed by atoms with Crippen LogP contribution in [0.25, 0.3) is 0 Å². The highest BCUT2D eigenvalue weighted by atomic mass is 32.1. The van der Waals surface area contributed by atoms with Crippen LogP contribution in [0, 0.1) is 10.1 Å². The Morgan fingerprint density at radius 2 is 2.23 bits per heavy atom. The molecule has 3 rings (SSSR count). The zero-order valence-electron chi connectivity index (χ0n) is 11.4. The summed E-state index contributed by atoms with van der Waals surface area (Å²) < 4.78 is 0. The van der Waals surface area contributed by atoms with Gasteiger partial charge in [-0.15, -0.1) is 11.3 Å². The van der Waals surface area contributed by atoms with Gasteiger partial charge >= 0.3 is 5.00 Å². The molecule has 0 bridgehead atoms. The number of hydrogen-bond donors (Lipinski definition) is 2. The van der Waals surface area contributed by atoms with Gasteiger partial charge in [0.15, 0.2) is 5.13 Å². The molecule has 0 radical (unpaired) electrons. The molecule has 0 spiro atoms. The third-order valence-corrected chi connectivity index (χ3v) is 5.21. The second-order valence-corrected chi connectivity index (χ2v) is 6.71. The molecule has 0 aromatic carbocycles. The van der Waals surface area contributed by atoms with Crippen molar-refractivity contribution in [3.63, 3.8) is 0 Å². The zero-order chi connectivity index (χ0) is 15.5. The van der Waals surface area contributed by atoms with E-state index in [0.717, 1.165) is 48.5 Å². The molecule has 0 unspecified atom stereocenters. The van der Waals surface area contributed by atoms with Crippen molar-refractivity contribution in [1.82, 2.24) is 15.3 Å². The second-order valence-electron chi connectivity index (χ2n) is 4.81. The summed E-state index contributed by atoms with van der Waals surface area (Å²) >= 11 is 2.30. The molecule has 2 aromatic rings. The number of rotatable bonds is 4. The van der Waals surface area contributed by atoms with Crippen molar-refractivity contribution in [1.29, 1.82) is 0 Å². The van der Waals surface area contributed by atoms with Crippen molar-refractivity contribution in [3.05, 3.63) is 32.4 Å². The number of thiazole rings is 2. The topological polar surface area (TPSA) is 110 Å². The van der Waals surface area contributed by atoms with Gasteiger partial charge in [-0.3, -0.25) is 20.2 Å². The summed E-state index contributed by atoms with van der Waals surface area (Å²) in [5, 5.41) is 19.2. The molecule has 0 atom stereocenters. The van der Waals surface area contributed by atoms with Crippen LogP contribution in [-0.4, -0.2) is 33.9 Å². The number of carbonyl (C=O) groups is 1. The Morgan fingerprint density at radius 3 is 2.91 bits per heavy atom. The molecule has 1 amide bonds. The van der Waals surface area contributed by atoms with E-state index in [1.54, 1.807) is 5.38 Å². The Hall–Kier alpha value is -1.91. The molecule has 1 fully saturated rings. The molecule has 116 valence electrons. The van der Waals surface area contributed by atoms with Crippen LogP contribution in [0.15, 0.2) is 11.6 Å². The van der Waals surface area contributed by atoms with Gasteiger partial charge in [-0.25, -0.2) is 9.97 Å². The summed E-state index contributed by atoms with van der Waals surface area (Å²) in [6.07, 6.45) is 3.17. The largest absolute Gasteiger partial charge is 0.345 e.